The zero-order valence-corrected chi connectivity index (χ0v) is 16.8. The van der Waals surface area contributed by atoms with Gasteiger partial charge in [0, 0.05) is 12.0 Å². The molecule has 0 aromatic heterocycles. The van der Waals surface area contributed by atoms with E-state index < -0.39 is 41.5 Å². The monoisotopic (exact) mass is 404 g/mol. The van der Waals surface area contributed by atoms with Crippen LogP contribution in [0, 0.1) is 0 Å². The topological polar surface area (TPSA) is 126 Å². The van der Waals surface area contributed by atoms with Crippen molar-refractivity contribution in [2.45, 2.75) is 45.2 Å². The van der Waals surface area contributed by atoms with Gasteiger partial charge in [-0.25, -0.2) is 9.59 Å². The number of benzene rings is 1. The van der Waals surface area contributed by atoms with E-state index in [4.69, 9.17) is 9.47 Å². The molecule has 29 heavy (non-hydrogen) atoms. The molecule has 6 amide bonds. The summed E-state index contributed by atoms with van der Waals surface area (Å²) in [7, 11) is 0. The van der Waals surface area contributed by atoms with Gasteiger partial charge >= 0.3 is 12.1 Å². The zero-order valence-electron chi connectivity index (χ0n) is 16.8. The average Bonchev–Trinajstić information content (AvgIpc) is 3.11. The number of nitrogens with zero attached hydrogens (tertiary/aromatic N) is 1. The molecule has 2 aliphatic heterocycles. The van der Waals surface area contributed by atoms with Crippen LogP contribution in [-0.2, 0) is 16.0 Å². The molecule has 10 nitrogen and oxygen atoms in total. The van der Waals surface area contributed by atoms with Crippen molar-refractivity contribution in [2.24, 2.45) is 0 Å². The maximum atomic E-state index is 12.8. The minimum atomic E-state index is -1.22. The lowest BCUT2D eigenvalue weighted by Crippen LogP contribution is -2.51. The van der Waals surface area contributed by atoms with E-state index in [0.717, 1.165) is 10.5 Å². The number of carbonyl (C=O) groups is 4. The first kappa shape index (κ1) is 20.4. The zero-order chi connectivity index (χ0) is 21.4. The Morgan fingerprint density at radius 1 is 1.21 bits per heavy atom. The molecule has 2 aliphatic rings. The lowest BCUT2D eigenvalue weighted by Gasteiger charge is -2.22. The number of imide groups is 2. The van der Waals surface area contributed by atoms with E-state index in [0.29, 0.717) is 11.5 Å². The van der Waals surface area contributed by atoms with Gasteiger partial charge in [0.05, 0.1) is 0 Å². The van der Waals surface area contributed by atoms with E-state index in [-0.39, 0.29) is 13.2 Å². The molecular formula is C19H24N4O6. The van der Waals surface area contributed by atoms with Gasteiger partial charge in [0.2, 0.25) is 12.7 Å². The van der Waals surface area contributed by atoms with Crippen molar-refractivity contribution in [3.63, 3.8) is 0 Å². The average molecular weight is 404 g/mol. The Kier molecular flexibility index (Phi) is 5.12. The van der Waals surface area contributed by atoms with Gasteiger partial charge in [-0.15, -0.1) is 0 Å². The SMILES string of the molecule is CC(C)(C)NC(=O)NC(=O)CN1C(=O)N[C@](C)(Cc2ccc3c(c2)OCO3)C1=O. The number of ether oxygens (including phenoxy) is 2. The lowest BCUT2D eigenvalue weighted by molar-refractivity contribution is -0.134. The summed E-state index contributed by atoms with van der Waals surface area (Å²) in [6.07, 6.45) is 0.205. The van der Waals surface area contributed by atoms with Crippen LogP contribution < -0.4 is 25.4 Å². The van der Waals surface area contributed by atoms with Gasteiger partial charge in [-0.3, -0.25) is 19.8 Å². The van der Waals surface area contributed by atoms with Crippen molar-refractivity contribution < 1.29 is 28.7 Å². The smallest absolute Gasteiger partial charge is 0.325 e. The highest BCUT2D eigenvalue weighted by atomic mass is 16.7. The number of hydrogen-bond acceptors (Lipinski definition) is 6. The minimum absolute atomic E-state index is 0.136. The number of urea groups is 2. The second-order valence-electron chi connectivity index (χ2n) is 8.27. The van der Waals surface area contributed by atoms with Crippen LogP contribution in [0.1, 0.15) is 33.3 Å². The van der Waals surface area contributed by atoms with Crippen LogP contribution in [0.3, 0.4) is 0 Å². The third-order valence-electron chi connectivity index (χ3n) is 4.38. The van der Waals surface area contributed by atoms with Crippen LogP contribution in [-0.4, -0.2) is 53.2 Å². The summed E-state index contributed by atoms with van der Waals surface area (Å²) in [6.45, 7) is 6.45. The molecule has 156 valence electrons. The van der Waals surface area contributed by atoms with E-state index >= 15 is 0 Å². The number of hydrogen-bond donors (Lipinski definition) is 3. The highest BCUT2D eigenvalue weighted by Crippen LogP contribution is 2.34. The number of carbonyl (C=O) groups excluding carboxylic acids is 4. The van der Waals surface area contributed by atoms with Crippen molar-refractivity contribution in [3.05, 3.63) is 23.8 Å². The second-order valence-corrected chi connectivity index (χ2v) is 8.27. The van der Waals surface area contributed by atoms with Gasteiger partial charge in [-0.05, 0) is 45.4 Å². The summed E-state index contributed by atoms with van der Waals surface area (Å²) in [6, 6.07) is 3.88. The fraction of sp³-hybridized carbons (Fsp3) is 0.474. The molecule has 0 unspecified atom stereocenters. The Labute approximate surface area is 167 Å². The molecule has 1 aromatic rings. The van der Waals surface area contributed by atoms with Crippen molar-refractivity contribution in [3.8, 4) is 11.5 Å². The molecule has 10 heteroatoms. The molecule has 3 N–H and O–H groups in total. The third kappa shape index (κ3) is 4.58. The first-order chi connectivity index (χ1) is 13.5. The Morgan fingerprint density at radius 3 is 2.59 bits per heavy atom. The number of nitrogens with one attached hydrogen (secondary N) is 3. The fourth-order valence-corrected chi connectivity index (χ4v) is 3.15. The summed E-state index contributed by atoms with van der Waals surface area (Å²) < 4.78 is 10.6. The fourth-order valence-electron chi connectivity index (χ4n) is 3.15. The molecule has 1 atom stereocenters. The Balaban J connectivity index is 1.64. The van der Waals surface area contributed by atoms with Gasteiger partial charge in [0.15, 0.2) is 11.5 Å². The molecule has 1 fully saturated rings. The van der Waals surface area contributed by atoms with E-state index in [9.17, 15) is 19.2 Å². The maximum absolute atomic E-state index is 12.8. The highest BCUT2D eigenvalue weighted by molar-refractivity contribution is 6.09. The van der Waals surface area contributed by atoms with Crippen LogP contribution in [0.2, 0.25) is 0 Å². The molecule has 0 spiro atoms. The third-order valence-corrected chi connectivity index (χ3v) is 4.38. The molecule has 2 heterocycles. The van der Waals surface area contributed by atoms with Crippen LogP contribution in [0.25, 0.3) is 0 Å². The quantitative estimate of drug-likeness (QED) is 0.640. The Bertz CT molecular complexity index is 878. The Hall–Kier alpha value is -3.30. The van der Waals surface area contributed by atoms with E-state index in [1.165, 1.54) is 0 Å². The summed E-state index contributed by atoms with van der Waals surface area (Å²) in [4.78, 5) is 49.8. The minimum Gasteiger partial charge on any atom is -0.454 e. The molecule has 0 aliphatic carbocycles. The Morgan fingerprint density at radius 2 is 1.90 bits per heavy atom. The van der Waals surface area contributed by atoms with Crippen molar-refractivity contribution >= 4 is 23.9 Å². The highest BCUT2D eigenvalue weighted by Gasteiger charge is 2.48. The predicted molar refractivity (Wildman–Crippen MR) is 101 cm³/mol. The molecule has 0 radical (unpaired) electrons. The van der Waals surface area contributed by atoms with Gasteiger partial charge in [0.1, 0.15) is 12.1 Å². The van der Waals surface area contributed by atoms with E-state index in [1.54, 1.807) is 45.9 Å². The number of fused-ring (bicyclic) bond motifs is 1. The first-order valence-corrected chi connectivity index (χ1v) is 9.11. The van der Waals surface area contributed by atoms with Gasteiger partial charge < -0.3 is 20.1 Å². The van der Waals surface area contributed by atoms with Gasteiger partial charge in [0.25, 0.3) is 5.91 Å². The summed E-state index contributed by atoms with van der Waals surface area (Å²) in [5.74, 6) is -0.120. The van der Waals surface area contributed by atoms with Crippen LogP contribution in [0.15, 0.2) is 18.2 Å². The normalized spacial score (nSPS) is 20.5. The van der Waals surface area contributed by atoms with E-state index in [1.807, 2.05) is 0 Å². The molecule has 0 saturated carbocycles. The molecule has 1 saturated heterocycles. The summed E-state index contributed by atoms with van der Waals surface area (Å²) >= 11 is 0. The predicted octanol–water partition coefficient (Wildman–Crippen LogP) is 0.893. The molecule has 3 rings (SSSR count). The standard InChI is InChI=1S/C19H24N4O6/c1-18(2,3)21-16(26)20-14(24)9-23-15(25)19(4,22-17(23)27)8-11-5-6-12-13(7-11)29-10-28-12/h5-7H,8-10H2,1-4H3,(H,22,27)(H2,20,21,24,26)/t19-/m1/s1. The van der Waals surface area contributed by atoms with Crippen LogP contribution in [0.5, 0.6) is 11.5 Å². The summed E-state index contributed by atoms with van der Waals surface area (Å²) in [5, 5.41) is 7.31. The van der Waals surface area contributed by atoms with Crippen molar-refractivity contribution in [2.75, 3.05) is 13.3 Å². The van der Waals surface area contributed by atoms with E-state index in [2.05, 4.69) is 16.0 Å². The maximum Gasteiger partial charge on any atom is 0.325 e. The van der Waals surface area contributed by atoms with Crippen LogP contribution in [0.4, 0.5) is 9.59 Å². The van der Waals surface area contributed by atoms with Gasteiger partial charge in [-0.1, -0.05) is 6.07 Å². The van der Waals surface area contributed by atoms with Gasteiger partial charge in [-0.2, -0.15) is 0 Å². The number of rotatable bonds is 4. The number of amides is 6. The largest absolute Gasteiger partial charge is 0.454 e. The molecule has 1 aromatic carbocycles. The lowest BCUT2D eigenvalue weighted by atomic mass is 9.92. The van der Waals surface area contributed by atoms with Crippen molar-refractivity contribution in [1.29, 1.82) is 0 Å². The molecule has 0 bridgehead atoms. The molecular weight excluding hydrogens is 380 g/mol. The summed E-state index contributed by atoms with van der Waals surface area (Å²) in [5.41, 5.74) is -0.992. The first-order valence-electron chi connectivity index (χ1n) is 9.11. The van der Waals surface area contributed by atoms with Crippen LogP contribution >= 0.6 is 0 Å². The second kappa shape index (κ2) is 7.26. The van der Waals surface area contributed by atoms with Crippen molar-refractivity contribution in [1.82, 2.24) is 20.9 Å².